The third kappa shape index (κ3) is 4.43. The predicted molar refractivity (Wildman–Crippen MR) is 104 cm³/mol. The number of hydrogen-bond acceptors (Lipinski definition) is 2. The molecule has 1 heterocycles. The molecule has 1 amide bonds. The van der Waals surface area contributed by atoms with E-state index in [2.05, 4.69) is 5.32 Å². The van der Waals surface area contributed by atoms with Crippen molar-refractivity contribution in [2.24, 2.45) is 0 Å². The number of carbonyl (C=O) groups is 1. The van der Waals surface area contributed by atoms with E-state index in [9.17, 15) is 18.0 Å². The van der Waals surface area contributed by atoms with Crippen LogP contribution in [0.15, 0.2) is 53.9 Å². The Labute approximate surface area is 165 Å². The number of rotatable bonds is 6. The molecule has 2 aromatic carbocycles. The number of thiophene rings is 1. The van der Waals surface area contributed by atoms with Crippen molar-refractivity contribution in [3.05, 3.63) is 87.4 Å². The minimum Gasteiger partial charge on any atom is -0.326 e. The molecule has 7 heteroatoms. The summed E-state index contributed by atoms with van der Waals surface area (Å²) in [6.45, 7) is 3.68. The molecule has 0 radical (unpaired) electrons. The van der Waals surface area contributed by atoms with Gasteiger partial charge in [0.15, 0.2) is 23.5 Å². The summed E-state index contributed by atoms with van der Waals surface area (Å²) in [4.78, 5) is 13.6. The van der Waals surface area contributed by atoms with Gasteiger partial charge < -0.3 is 10.6 Å². The van der Waals surface area contributed by atoms with Crippen molar-refractivity contribution >= 4 is 22.9 Å². The largest absolute Gasteiger partial charge is 0.326 e. The lowest BCUT2D eigenvalue weighted by atomic mass is 10.0. The van der Waals surface area contributed by atoms with E-state index < -0.39 is 29.4 Å². The number of hydrogen-bond donors (Lipinski definition) is 2. The Balaban J connectivity index is 1.78. The van der Waals surface area contributed by atoms with Crippen molar-refractivity contribution in [2.45, 2.75) is 25.9 Å². The van der Waals surface area contributed by atoms with Gasteiger partial charge in [-0.2, -0.15) is 0 Å². The molecule has 0 spiro atoms. The fourth-order valence-electron chi connectivity index (χ4n) is 2.86. The number of anilines is 1. The SMILES string of the molecule is Cc1ccc([C@H]([NH2+][C@@H](C)C(=O)Nc2ccc(F)c(F)c2F)c2cccs2)cc1. The molecule has 3 rings (SSSR count). The summed E-state index contributed by atoms with van der Waals surface area (Å²) in [5, 5.41) is 6.17. The average Bonchev–Trinajstić information content (AvgIpc) is 3.21. The molecule has 0 unspecified atom stereocenters. The maximum atomic E-state index is 13.8. The first-order valence-electron chi connectivity index (χ1n) is 8.76. The van der Waals surface area contributed by atoms with Gasteiger partial charge in [-0.3, -0.25) is 4.79 Å². The van der Waals surface area contributed by atoms with Crippen molar-refractivity contribution in [3.63, 3.8) is 0 Å². The molecular weight excluding hydrogens is 385 g/mol. The van der Waals surface area contributed by atoms with E-state index in [1.807, 2.05) is 54.0 Å². The number of amides is 1. The fraction of sp³-hybridized carbons (Fsp3) is 0.190. The molecule has 28 heavy (non-hydrogen) atoms. The number of quaternary nitrogens is 1. The van der Waals surface area contributed by atoms with Crippen LogP contribution in [0.2, 0.25) is 0 Å². The Bertz CT molecular complexity index is 959. The van der Waals surface area contributed by atoms with Gasteiger partial charge in [-0.1, -0.05) is 35.9 Å². The van der Waals surface area contributed by atoms with Gasteiger partial charge in [-0.25, -0.2) is 13.2 Å². The summed E-state index contributed by atoms with van der Waals surface area (Å²) in [6.07, 6.45) is 0. The van der Waals surface area contributed by atoms with Crippen LogP contribution in [0, 0.1) is 24.4 Å². The van der Waals surface area contributed by atoms with Gasteiger partial charge in [0.2, 0.25) is 0 Å². The fourth-order valence-corrected chi connectivity index (χ4v) is 3.69. The van der Waals surface area contributed by atoms with E-state index in [1.165, 1.54) is 0 Å². The van der Waals surface area contributed by atoms with Crippen LogP contribution in [0.1, 0.15) is 29.0 Å². The summed E-state index contributed by atoms with van der Waals surface area (Å²) in [6, 6.07) is 13.0. The average molecular weight is 405 g/mol. The molecule has 3 aromatic rings. The van der Waals surface area contributed by atoms with E-state index in [4.69, 9.17) is 0 Å². The summed E-state index contributed by atoms with van der Waals surface area (Å²) in [5.41, 5.74) is 1.78. The summed E-state index contributed by atoms with van der Waals surface area (Å²) in [5.74, 6) is -4.81. The highest BCUT2D eigenvalue weighted by Gasteiger charge is 2.26. The van der Waals surface area contributed by atoms with Crippen LogP contribution >= 0.6 is 11.3 Å². The van der Waals surface area contributed by atoms with Gasteiger partial charge in [0, 0.05) is 5.56 Å². The van der Waals surface area contributed by atoms with Crippen LogP contribution in [0.25, 0.3) is 0 Å². The summed E-state index contributed by atoms with van der Waals surface area (Å²) in [7, 11) is 0. The van der Waals surface area contributed by atoms with Crippen molar-refractivity contribution < 1.29 is 23.3 Å². The number of nitrogens with two attached hydrogens (primary N) is 1. The van der Waals surface area contributed by atoms with Crippen LogP contribution in [0.4, 0.5) is 18.9 Å². The topological polar surface area (TPSA) is 45.7 Å². The second kappa shape index (κ2) is 8.58. The van der Waals surface area contributed by atoms with Gasteiger partial charge >= 0.3 is 0 Å². The van der Waals surface area contributed by atoms with Gasteiger partial charge in [-0.15, -0.1) is 11.3 Å². The molecule has 0 aliphatic heterocycles. The summed E-state index contributed by atoms with van der Waals surface area (Å²) >= 11 is 1.58. The number of nitrogens with one attached hydrogen (secondary N) is 1. The molecule has 0 fully saturated rings. The van der Waals surface area contributed by atoms with Crippen molar-refractivity contribution in [1.82, 2.24) is 0 Å². The van der Waals surface area contributed by atoms with Crippen LogP contribution < -0.4 is 10.6 Å². The predicted octanol–water partition coefficient (Wildman–Crippen LogP) is 4.15. The normalized spacial score (nSPS) is 13.2. The van der Waals surface area contributed by atoms with Gasteiger partial charge in [0.25, 0.3) is 5.91 Å². The van der Waals surface area contributed by atoms with E-state index in [-0.39, 0.29) is 11.7 Å². The zero-order valence-electron chi connectivity index (χ0n) is 15.4. The molecule has 0 saturated carbocycles. The monoisotopic (exact) mass is 405 g/mol. The molecule has 0 saturated heterocycles. The van der Waals surface area contributed by atoms with E-state index in [0.29, 0.717) is 0 Å². The second-order valence-corrected chi connectivity index (χ2v) is 7.58. The molecule has 2 atom stereocenters. The molecule has 146 valence electrons. The highest BCUT2D eigenvalue weighted by atomic mass is 32.1. The molecule has 3 nitrogen and oxygen atoms in total. The molecular formula is C21H20F3N2OS+. The summed E-state index contributed by atoms with van der Waals surface area (Å²) < 4.78 is 40.3. The minimum atomic E-state index is -1.61. The Kier molecular flexibility index (Phi) is 6.16. The second-order valence-electron chi connectivity index (χ2n) is 6.60. The van der Waals surface area contributed by atoms with E-state index in [1.54, 1.807) is 18.3 Å². The van der Waals surface area contributed by atoms with E-state index >= 15 is 0 Å². The van der Waals surface area contributed by atoms with Crippen molar-refractivity contribution in [1.29, 1.82) is 0 Å². The lowest BCUT2D eigenvalue weighted by Gasteiger charge is -2.20. The van der Waals surface area contributed by atoms with Crippen LogP contribution in [-0.2, 0) is 4.79 Å². The molecule has 1 aromatic heterocycles. The minimum absolute atomic E-state index is 0.115. The first-order valence-corrected chi connectivity index (χ1v) is 9.64. The first-order chi connectivity index (χ1) is 13.4. The Morgan fingerprint density at radius 1 is 1.04 bits per heavy atom. The molecule has 0 aliphatic rings. The van der Waals surface area contributed by atoms with Gasteiger partial charge in [-0.05, 0) is 37.4 Å². The van der Waals surface area contributed by atoms with Crippen molar-refractivity contribution in [2.75, 3.05) is 5.32 Å². The van der Waals surface area contributed by atoms with Crippen LogP contribution in [0.3, 0.4) is 0 Å². The third-order valence-corrected chi connectivity index (χ3v) is 5.43. The Morgan fingerprint density at radius 3 is 2.39 bits per heavy atom. The Hall–Kier alpha value is -2.64. The first kappa shape index (κ1) is 20.1. The van der Waals surface area contributed by atoms with Crippen LogP contribution in [-0.4, -0.2) is 11.9 Å². The lowest BCUT2D eigenvalue weighted by molar-refractivity contribution is -0.703. The number of halogens is 3. The maximum Gasteiger partial charge on any atom is 0.282 e. The lowest BCUT2D eigenvalue weighted by Crippen LogP contribution is -2.92. The molecule has 0 aliphatic carbocycles. The highest BCUT2D eigenvalue weighted by Crippen LogP contribution is 2.24. The van der Waals surface area contributed by atoms with Gasteiger partial charge in [0.05, 0.1) is 10.6 Å². The maximum absolute atomic E-state index is 13.8. The third-order valence-electron chi connectivity index (χ3n) is 4.47. The number of aryl methyl sites for hydroxylation is 1. The zero-order chi connectivity index (χ0) is 20.3. The molecule has 3 N–H and O–H groups in total. The number of carbonyl (C=O) groups excluding carboxylic acids is 1. The quantitative estimate of drug-likeness (QED) is 0.595. The zero-order valence-corrected chi connectivity index (χ0v) is 16.2. The van der Waals surface area contributed by atoms with Crippen molar-refractivity contribution in [3.8, 4) is 0 Å². The van der Waals surface area contributed by atoms with Crippen LogP contribution in [0.5, 0.6) is 0 Å². The van der Waals surface area contributed by atoms with Gasteiger partial charge in [0.1, 0.15) is 6.04 Å². The molecule has 0 bridgehead atoms. The standard InChI is InChI=1S/C21H19F3N2OS/c1-12-5-7-14(8-6-12)20(17-4-3-11-28-17)25-13(2)21(27)26-16-10-9-15(22)18(23)19(16)24/h3-11,13,20,25H,1-2H3,(H,26,27)/p+1/t13-,20-/m0/s1. The number of benzene rings is 2. The Morgan fingerprint density at radius 2 is 1.75 bits per heavy atom. The smallest absolute Gasteiger partial charge is 0.282 e. The van der Waals surface area contributed by atoms with E-state index in [0.717, 1.165) is 28.1 Å². The highest BCUT2D eigenvalue weighted by molar-refractivity contribution is 7.10.